The molecule has 0 radical (unpaired) electrons. The number of hydrogen-bond donors (Lipinski definition) is 1. The van der Waals surface area contributed by atoms with Crippen molar-refractivity contribution in [1.82, 2.24) is 9.97 Å². The van der Waals surface area contributed by atoms with Gasteiger partial charge in [0.05, 0.1) is 0 Å². The summed E-state index contributed by atoms with van der Waals surface area (Å²) in [6, 6.07) is 8.21. The second-order valence-electron chi connectivity index (χ2n) is 4.17. The van der Waals surface area contributed by atoms with E-state index in [-0.39, 0.29) is 0 Å². The Hall–Kier alpha value is -1.07. The summed E-state index contributed by atoms with van der Waals surface area (Å²) in [7, 11) is 0. The van der Waals surface area contributed by atoms with E-state index in [0.29, 0.717) is 5.95 Å². The molecule has 3 nitrogen and oxygen atoms in total. The second kappa shape index (κ2) is 6.91. The third-order valence-corrected chi connectivity index (χ3v) is 4.06. The van der Waals surface area contributed by atoms with Crippen molar-refractivity contribution in [3.8, 4) is 0 Å². The third kappa shape index (κ3) is 4.21. The Bertz CT molecular complexity index is 560. The molecular formula is C14H16BrN3S. The number of nitrogens with zero attached hydrogens (tertiary/aromatic N) is 2. The summed E-state index contributed by atoms with van der Waals surface area (Å²) in [6.45, 7) is 5.05. The van der Waals surface area contributed by atoms with Gasteiger partial charge in [0, 0.05) is 27.7 Å². The van der Waals surface area contributed by atoms with Gasteiger partial charge in [-0.05, 0) is 31.5 Å². The Morgan fingerprint density at radius 2 is 2.21 bits per heavy atom. The van der Waals surface area contributed by atoms with Crippen molar-refractivity contribution in [2.75, 3.05) is 11.9 Å². The number of nitrogens with one attached hydrogen (secondary N) is 1. The molecule has 0 fully saturated rings. The molecule has 0 spiro atoms. The minimum Gasteiger partial charge on any atom is -0.354 e. The number of hydrogen-bond acceptors (Lipinski definition) is 4. The maximum Gasteiger partial charge on any atom is 0.223 e. The van der Waals surface area contributed by atoms with Gasteiger partial charge in [-0.15, -0.1) is 0 Å². The van der Waals surface area contributed by atoms with Crippen LogP contribution in [0.2, 0.25) is 0 Å². The first-order valence-corrected chi connectivity index (χ1v) is 7.81. The summed E-state index contributed by atoms with van der Waals surface area (Å²) in [5, 5.41) is 4.21. The van der Waals surface area contributed by atoms with Crippen molar-refractivity contribution in [1.29, 1.82) is 0 Å². The molecule has 0 atom stereocenters. The van der Waals surface area contributed by atoms with Crippen LogP contribution in [0.15, 0.2) is 44.9 Å². The first-order valence-electron chi connectivity index (χ1n) is 6.20. The van der Waals surface area contributed by atoms with Gasteiger partial charge < -0.3 is 5.32 Å². The number of halogens is 1. The Morgan fingerprint density at radius 1 is 1.37 bits per heavy atom. The molecule has 1 aromatic carbocycles. The third-order valence-electron chi connectivity index (χ3n) is 2.47. The summed E-state index contributed by atoms with van der Waals surface area (Å²) < 4.78 is 1.08. The first kappa shape index (κ1) is 14.3. The lowest BCUT2D eigenvalue weighted by molar-refractivity contribution is 0.925. The average Bonchev–Trinajstić information content (AvgIpc) is 2.40. The topological polar surface area (TPSA) is 37.8 Å². The summed E-state index contributed by atoms with van der Waals surface area (Å²) in [6.07, 6.45) is 2.93. The lowest BCUT2D eigenvalue weighted by atomic mass is 10.4. The van der Waals surface area contributed by atoms with E-state index in [4.69, 9.17) is 0 Å². The van der Waals surface area contributed by atoms with Crippen LogP contribution in [0.4, 0.5) is 5.95 Å². The molecule has 0 saturated carbocycles. The van der Waals surface area contributed by atoms with Crippen molar-refractivity contribution in [3.05, 3.63) is 40.5 Å². The molecule has 0 amide bonds. The molecule has 0 aliphatic heterocycles. The van der Waals surface area contributed by atoms with Crippen molar-refractivity contribution >= 4 is 33.6 Å². The fourth-order valence-electron chi connectivity index (χ4n) is 1.49. The fraction of sp³-hybridized carbons (Fsp3) is 0.286. The van der Waals surface area contributed by atoms with E-state index in [9.17, 15) is 0 Å². The van der Waals surface area contributed by atoms with Crippen LogP contribution in [0.3, 0.4) is 0 Å². The Labute approximate surface area is 126 Å². The molecule has 0 saturated heterocycles. The van der Waals surface area contributed by atoms with E-state index >= 15 is 0 Å². The van der Waals surface area contributed by atoms with Crippen molar-refractivity contribution in [2.45, 2.75) is 30.2 Å². The molecule has 1 heterocycles. The van der Waals surface area contributed by atoms with E-state index < -0.39 is 0 Å². The van der Waals surface area contributed by atoms with Crippen molar-refractivity contribution < 1.29 is 0 Å². The van der Waals surface area contributed by atoms with Crippen molar-refractivity contribution in [3.63, 3.8) is 0 Å². The number of anilines is 1. The van der Waals surface area contributed by atoms with Crippen LogP contribution in [-0.4, -0.2) is 16.5 Å². The van der Waals surface area contributed by atoms with Gasteiger partial charge in [-0.2, -0.15) is 0 Å². The van der Waals surface area contributed by atoms with Gasteiger partial charge in [0.2, 0.25) is 5.95 Å². The normalized spacial score (nSPS) is 10.5. The largest absolute Gasteiger partial charge is 0.354 e. The molecule has 0 aliphatic rings. The van der Waals surface area contributed by atoms with E-state index in [0.717, 1.165) is 32.9 Å². The SMILES string of the molecule is CCCNc1ncc(C)c(Sc2cccc(Br)c2)n1. The maximum atomic E-state index is 4.56. The summed E-state index contributed by atoms with van der Waals surface area (Å²) in [5.41, 5.74) is 1.09. The Morgan fingerprint density at radius 3 is 2.95 bits per heavy atom. The molecule has 1 N–H and O–H groups in total. The van der Waals surface area contributed by atoms with Crippen LogP contribution >= 0.6 is 27.7 Å². The van der Waals surface area contributed by atoms with Gasteiger partial charge in [0.25, 0.3) is 0 Å². The average molecular weight is 338 g/mol. The van der Waals surface area contributed by atoms with Crippen LogP contribution in [0, 0.1) is 6.92 Å². The summed E-state index contributed by atoms with van der Waals surface area (Å²) in [4.78, 5) is 10.0. The Balaban J connectivity index is 2.19. The molecule has 2 rings (SSSR count). The zero-order valence-corrected chi connectivity index (χ0v) is 13.4. The van der Waals surface area contributed by atoms with E-state index in [2.05, 4.69) is 50.3 Å². The van der Waals surface area contributed by atoms with Crippen LogP contribution in [0.1, 0.15) is 18.9 Å². The fourth-order valence-corrected chi connectivity index (χ4v) is 2.95. The standard InChI is InChI=1S/C14H16BrN3S/c1-3-7-16-14-17-9-10(2)13(18-14)19-12-6-4-5-11(15)8-12/h4-6,8-9H,3,7H2,1-2H3,(H,16,17,18). The lowest BCUT2D eigenvalue weighted by Crippen LogP contribution is -2.05. The van der Waals surface area contributed by atoms with Gasteiger partial charge in [0.1, 0.15) is 5.03 Å². The highest BCUT2D eigenvalue weighted by atomic mass is 79.9. The predicted octanol–water partition coefficient (Wildman–Crippen LogP) is 4.52. The van der Waals surface area contributed by atoms with Gasteiger partial charge in [-0.1, -0.05) is 40.7 Å². The zero-order chi connectivity index (χ0) is 13.7. The number of benzene rings is 1. The quantitative estimate of drug-likeness (QED) is 0.814. The second-order valence-corrected chi connectivity index (χ2v) is 6.15. The van der Waals surface area contributed by atoms with Crippen LogP contribution < -0.4 is 5.32 Å². The summed E-state index contributed by atoms with van der Waals surface area (Å²) in [5.74, 6) is 0.699. The monoisotopic (exact) mass is 337 g/mol. The molecule has 100 valence electrons. The highest BCUT2D eigenvalue weighted by Crippen LogP contribution is 2.30. The number of aryl methyl sites for hydroxylation is 1. The lowest BCUT2D eigenvalue weighted by Gasteiger charge is -2.08. The minimum absolute atomic E-state index is 0.699. The van der Waals surface area contributed by atoms with Gasteiger partial charge in [-0.3, -0.25) is 0 Å². The van der Waals surface area contributed by atoms with Gasteiger partial charge in [0.15, 0.2) is 0 Å². The van der Waals surface area contributed by atoms with E-state index in [1.54, 1.807) is 11.8 Å². The van der Waals surface area contributed by atoms with Crippen molar-refractivity contribution in [2.24, 2.45) is 0 Å². The van der Waals surface area contributed by atoms with Crippen LogP contribution in [-0.2, 0) is 0 Å². The van der Waals surface area contributed by atoms with Crippen LogP contribution in [0.25, 0.3) is 0 Å². The molecule has 2 aromatic rings. The number of aromatic nitrogens is 2. The van der Waals surface area contributed by atoms with Gasteiger partial charge in [-0.25, -0.2) is 9.97 Å². The molecule has 1 aromatic heterocycles. The molecular weight excluding hydrogens is 322 g/mol. The maximum absolute atomic E-state index is 4.56. The molecule has 19 heavy (non-hydrogen) atoms. The highest BCUT2D eigenvalue weighted by molar-refractivity contribution is 9.10. The van der Waals surface area contributed by atoms with E-state index in [1.807, 2.05) is 25.3 Å². The van der Waals surface area contributed by atoms with E-state index in [1.165, 1.54) is 0 Å². The predicted molar refractivity (Wildman–Crippen MR) is 83.8 cm³/mol. The zero-order valence-electron chi connectivity index (χ0n) is 11.0. The smallest absolute Gasteiger partial charge is 0.223 e. The minimum atomic E-state index is 0.699. The highest BCUT2D eigenvalue weighted by Gasteiger charge is 2.06. The molecule has 0 bridgehead atoms. The molecule has 0 aliphatic carbocycles. The van der Waals surface area contributed by atoms with Crippen LogP contribution in [0.5, 0.6) is 0 Å². The first-order chi connectivity index (χ1) is 9.19. The summed E-state index contributed by atoms with van der Waals surface area (Å²) >= 11 is 5.14. The number of rotatable bonds is 5. The molecule has 5 heteroatoms. The Kier molecular flexibility index (Phi) is 5.22. The van der Waals surface area contributed by atoms with Gasteiger partial charge >= 0.3 is 0 Å². The molecule has 0 unspecified atom stereocenters.